The van der Waals surface area contributed by atoms with E-state index in [1.54, 1.807) is 25.1 Å². The zero-order valence-electron chi connectivity index (χ0n) is 13.3. The number of carbonyl (C=O) groups is 2. The van der Waals surface area contributed by atoms with Crippen molar-refractivity contribution in [1.29, 1.82) is 0 Å². The number of aryl methyl sites for hydroxylation is 1. The molecule has 1 aliphatic heterocycles. The standard InChI is InChI=1S/C17H19N3O4/c1-10-9-14(22)11-3-2-4-12(15(11)19-10)17(24)20-7-6-18-16(23)13(20)5-8-21/h2-4,9,13,21H,5-8H2,1H3,(H,18,23)(H,19,22)/t13-/m0/s1. The van der Waals surface area contributed by atoms with Crippen LogP contribution < -0.4 is 10.7 Å². The van der Waals surface area contributed by atoms with Crippen LogP contribution in [0.2, 0.25) is 0 Å². The van der Waals surface area contributed by atoms with E-state index in [-0.39, 0.29) is 30.3 Å². The lowest BCUT2D eigenvalue weighted by molar-refractivity contribution is -0.128. The van der Waals surface area contributed by atoms with Gasteiger partial charge in [0.1, 0.15) is 6.04 Å². The molecule has 1 aliphatic rings. The first kappa shape index (κ1) is 16.2. The fourth-order valence-corrected chi connectivity index (χ4v) is 3.10. The van der Waals surface area contributed by atoms with Crippen LogP contribution in [0, 0.1) is 6.92 Å². The zero-order chi connectivity index (χ0) is 17.3. The van der Waals surface area contributed by atoms with Gasteiger partial charge in [0, 0.05) is 36.8 Å². The fourth-order valence-electron chi connectivity index (χ4n) is 3.10. The van der Waals surface area contributed by atoms with E-state index in [0.29, 0.717) is 35.2 Å². The van der Waals surface area contributed by atoms with E-state index >= 15 is 0 Å². The number of hydrogen-bond donors (Lipinski definition) is 3. The van der Waals surface area contributed by atoms with Crippen LogP contribution in [0.25, 0.3) is 10.9 Å². The van der Waals surface area contributed by atoms with Crippen LogP contribution in [-0.2, 0) is 4.79 Å². The monoisotopic (exact) mass is 329 g/mol. The number of piperazine rings is 1. The highest BCUT2D eigenvalue weighted by atomic mass is 16.3. The molecular weight excluding hydrogens is 310 g/mol. The number of carbonyl (C=O) groups excluding carboxylic acids is 2. The molecule has 3 rings (SSSR count). The first-order valence-electron chi connectivity index (χ1n) is 7.85. The molecule has 0 unspecified atom stereocenters. The molecule has 0 bridgehead atoms. The minimum Gasteiger partial charge on any atom is -0.396 e. The largest absolute Gasteiger partial charge is 0.396 e. The summed E-state index contributed by atoms with van der Waals surface area (Å²) in [6, 6.07) is 5.74. The van der Waals surface area contributed by atoms with Gasteiger partial charge in [0.2, 0.25) is 5.91 Å². The maximum Gasteiger partial charge on any atom is 0.256 e. The van der Waals surface area contributed by atoms with Crippen molar-refractivity contribution in [3.05, 3.63) is 45.7 Å². The van der Waals surface area contributed by atoms with Crippen molar-refractivity contribution < 1.29 is 14.7 Å². The summed E-state index contributed by atoms with van der Waals surface area (Å²) in [5, 5.41) is 12.3. The Morgan fingerprint density at radius 3 is 2.92 bits per heavy atom. The van der Waals surface area contributed by atoms with Crippen LogP contribution >= 0.6 is 0 Å². The van der Waals surface area contributed by atoms with Crippen molar-refractivity contribution in [3.63, 3.8) is 0 Å². The topological polar surface area (TPSA) is 102 Å². The van der Waals surface area contributed by atoms with Gasteiger partial charge in [0.15, 0.2) is 5.43 Å². The number of aliphatic hydroxyl groups excluding tert-OH is 1. The lowest BCUT2D eigenvalue weighted by Gasteiger charge is -2.35. The third-order valence-electron chi connectivity index (χ3n) is 4.22. The van der Waals surface area contributed by atoms with Gasteiger partial charge in [-0.2, -0.15) is 0 Å². The van der Waals surface area contributed by atoms with Crippen molar-refractivity contribution in [3.8, 4) is 0 Å². The summed E-state index contributed by atoms with van der Waals surface area (Å²) in [6.45, 7) is 2.30. The summed E-state index contributed by atoms with van der Waals surface area (Å²) in [5.41, 5.74) is 1.34. The highest BCUT2D eigenvalue weighted by Crippen LogP contribution is 2.19. The number of amides is 2. The summed E-state index contributed by atoms with van der Waals surface area (Å²) in [6.07, 6.45) is 0.178. The van der Waals surface area contributed by atoms with Crippen LogP contribution in [0.15, 0.2) is 29.1 Å². The molecule has 1 fully saturated rings. The number of pyridine rings is 1. The Morgan fingerprint density at radius 2 is 2.17 bits per heavy atom. The minimum absolute atomic E-state index is 0.154. The molecule has 1 aromatic heterocycles. The second-order valence-electron chi connectivity index (χ2n) is 5.86. The van der Waals surface area contributed by atoms with Crippen LogP contribution in [0.4, 0.5) is 0 Å². The summed E-state index contributed by atoms with van der Waals surface area (Å²) in [5.74, 6) is -0.594. The minimum atomic E-state index is -0.706. The van der Waals surface area contributed by atoms with Crippen LogP contribution in [0.3, 0.4) is 0 Å². The van der Waals surface area contributed by atoms with Gasteiger partial charge in [0.25, 0.3) is 5.91 Å². The molecule has 24 heavy (non-hydrogen) atoms. The van der Waals surface area contributed by atoms with Crippen LogP contribution in [-0.4, -0.2) is 52.5 Å². The maximum absolute atomic E-state index is 13.0. The normalized spacial score (nSPS) is 17.8. The van der Waals surface area contributed by atoms with Gasteiger partial charge in [-0.15, -0.1) is 0 Å². The van der Waals surface area contributed by atoms with Crippen LogP contribution in [0.1, 0.15) is 22.5 Å². The van der Waals surface area contributed by atoms with Gasteiger partial charge >= 0.3 is 0 Å². The highest BCUT2D eigenvalue weighted by molar-refractivity contribution is 6.07. The van der Waals surface area contributed by atoms with E-state index in [9.17, 15) is 19.5 Å². The maximum atomic E-state index is 13.0. The highest BCUT2D eigenvalue weighted by Gasteiger charge is 2.33. The number of benzene rings is 1. The molecule has 0 saturated carbocycles. The Labute approximate surface area is 138 Å². The van der Waals surface area contributed by atoms with Crippen molar-refractivity contribution in [1.82, 2.24) is 15.2 Å². The molecule has 126 valence electrons. The molecule has 1 aromatic carbocycles. The van der Waals surface area contributed by atoms with E-state index in [0.717, 1.165) is 0 Å². The summed E-state index contributed by atoms with van der Waals surface area (Å²) >= 11 is 0. The number of aromatic nitrogens is 1. The molecule has 1 saturated heterocycles. The van der Waals surface area contributed by atoms with Gasteiger partial charge in [-0.1, -0.05) is 6.07 Å². The second-order valence-corrected chi connectivity index (χ2v) is 5.86. The van der Waals surface area contributed by atoms with Gasteiger partial charge in [-0.05, 0) is 25.5 Å². The first-order chi connectivity index (χ1) is 11.5. The number of H-pyrrole nitrogens is 1. The van der Waals surface area contributed by atoms with E-state index in [1.807, 2.05) is 0 Å². The number of para-hydroxylation sites is 1. The lowest BCUT2D eigenvalue weighted by Crippen LogP contribution is -2.57. The predicted octanol–water partition coefficient (Wildman–Crippen LogP) is 0.160. The Balaban J connectivity index is 2.08. The Bertz CT molecular complexity index is 859. The van der Waals surface area contributed by atoms with Gasteiger partial charge in [0.05, 0.1) is 11.1 Å². The number of aromatic amines is 1. The zero-order valence-corrected chi connectivity index (χ0v) is 13.3. The molecular formula is C17H19N3O4. The molecule has 0 spiro atoms. The fraction of sp³-hybridized carbons (Fsp3) is 0.353. The molecule has 7 nitrogen and oxygen atoms in total. The third kappa shape index (κ3) is 2.78. The third-order valence-corrected chi connectivity index (χ3v) is 4.22. The molecule has 2 amide bonds. The van der Waals surface area contributed by atoms with Crippen molar-refractivity contribution >= 4 is 22.7 Å². The SMILES string of the molecule is Cc1cc(=O)c2cccc(C(=O)N3CCNC(=O)[C@@H]3CCO)c2[nH]1. The molecule has 1 atom stereocenters. The molecule has 7 heteroatoms. The van der Waals surface area contributed by atoms with Gasteiger partial charge in [-0.3, -0.25) is 14.4 Å². The van der Waals surface area contributed by atoms with E-state index in [2.05, 4.69) is 10.3 Å². The number of nitrogens with one attached hydrogen (secondary N) is 2. The van der Waals surface area contributed by atoms with E-state index in [1.165, 1.54) is 11.0 Å². The first-order valence-corrected chi connectivity index (χ1v) is 7.85. The quantitative estimate of drug-likeness (QED) is 0.746. The van der Waals surface area contributed by atoms with Crippen molar-refractivity contribution in [2.75, 3.05) is 19.7 Å². The van der Waals surface area contributed by atoms with Crippen molar-refractivity contribution in [2.45, 2.75) is 19.4 Å². The number of hydrogen-bond acceptors (Lipinski definition) is 4. The predicted molar refractivity (Wildman–Crippen MR) is 88.8 cm³/mol. The Morgan fingerprint density at radius 1 is 1.38 bits per heavy atom. The number of nitrogens with zero attached hydrogens (tertiary/aromatic N) is 1. The average molecular weight is 329 g/mol. The molecule has 0 aliphatic carbocycles. The summed E-state index contributed by atoms with van der Waals surface area (Å²) in [4.78, 5) is 41.7. The lowest BCUT2D eigenvalue weighted by atomic mass is 10.0. The Kier molecular flexibility index (Phi) is 4.35. The van der Waals surface area contributed by atoms with Crippen molar-refractivity contribution in [2.24, 2.45) is 0 Å². The molecule has 2 aromatic rings. The molecule has 3 N–H and O–H groups in total. The number of fused-ring (bicyclic) bond motifs is 1. The van der Waals surface area contributed by atoms with E-state index in [4.69, 9.17) is 0 Å². The number of rotatable bonds is 3. The smallest absolute Gasteiger partial charge is 0.256 e. The van der Waals surface area contributed by atoms with Crippen LogP contribution in [0.5, 0.6) is 0 Å². The summed E-state index contributed by atoms with van der Waals surface area (Å²) in [7, 11) is 0. The van der Waals surface area contributed by atoms with Gasteiger partial charge < -0.3 is 20.3 Å². The average Bonchev–Trinajstić information content (AvgIpc) is 2.55. The molecule has 2 heterocycles. The van der Waals surface area contributed by atoms with Gasteiger partial charge in [-0.25, -0.2) is 0 Å². The number of aliphatic hydroxyl groups is 1. The molecule has 0 radical (unpaired) electrons. The van der Waals surface area contributed by atoms with E-state index < -0.39 is 6.04 Å². The second kappa shape index (κ2) is 6.45. The summed E-state index contributed by atoms with van der Waals surface area (Å²) < 4.78 is 0. The Hall–Kier alpha value is -2.67.